The van der Waals surface area contributed by atoms with Gasteiger partial charge in [0, 0.05) is 6.54 Å². The van der Waals surface area contributed by atoms with Crippen molar-refractivity contribution in [2.45, 2.75) is 32.4 Å². The van der Waals surface area contributed by atoms with E-state index in [2.05, 4.69) is 22.1 Å². The third-order valence-electron chi connectivity index (χ3n) is 4.58. The van der Waals surface area contributed by atoms with Gasteiger partial charge in [0.15, 0.2) is 5.35 Å². The summed E-state index contributed by atoms with van der Waals surface area (Å²) < 4.78 is 26.3. The molecule has 0 atom stereocenters. The molecule has 2 aliphatic rings. The molecule has 1 aromatic carbocycles. The number of nitrogens with zero attached hydrogens (tertiary/aromatic N) is 3. The average Bonchev–Trinajstić information content (AvgIpc) is 3.08. The summed E-state index contributed by atoms with van der Waals surface area (Å²) in [7, 11) is 0. The Balaban J connectivity index is 1.71. The molecule has 0 bridgehead atoms. The van der Waals surface area contributed by atoms with E-state index in [4.69, 9.17) is 9.47 Å². The van der Waals surface area contributed by atoms with Crippen molar-refractivity contribution < 1.29 is 13.9 Å². The van der Waals surface area contributed by atoms with E-state index in [0.717, 1.165) is 5.56 Å². The lowest BCUT2D eigenvalue weighted by molar-refractivity contribution is -0.0566. The van der Waals surface area contributed by atoms with E-state index >= 15 is 0 Å². The maximum Gasteiger partial charge on any atom is 0.245 e. The van der Waals surface area contributed by atoms with Gasteiger partial charge in [0.2, 0.25) is 17.2 Å². The number of halogens is 1. The van der Waals surface area contributed by atoms with Gasteiger partial charge in [-0.25, -0.2) is 14.8 Å². The predicted octanol–water partition coefficient (Wildman–Crippen LogP) is 0.300. The molecule has 0 fully saturated rings. The maximum atomic E-state index is 13.0. The van der Waals surface area contributed by atoms with Crippen molar-refractivity contribution in [1.29, 1.82) is 0 Å². The van der Waals surface area contributed by atoms with Crippen LogP contribution in [0.1, 0.15) is 25.2 Å². The molecule has 8 heteroatoms. The summed E-state index contributed by atoms with van der Waals surface area (Å²) in [6.45, 7) is 8.71. The second kappa shape index (κ2) is 6.31. The molecule has 0 unspecified atom stereocenters. The number of hydrazone groups is 1. The fraction of sp³-hybridized carbons (Fsp3) is 0.316. The van der Waals surface area contributed by atoms with Gasteiger partial charge >= 0.3 is 0 Å². The van der Waals surface area contributed by atoms with E-state index in [9.17, 15) is 9.18 Å². The van der Waals surface area contributed by atoms with Crippen LogP contribution in [0.4, 0.5) is 4.39 Å². The normalized spacial score (nSPS) is 19.7. The minimum atomic E-state index is -0.649. The third kappa shape index (κ3) is 3.12. The first kappa shape index (κ1) is 17.4. The van der Waals surface area contributed by atoms with Crippen LogP contribution in [0.25, 0.3) is 12.5 Å². The van der Waals surface area contributed by atoms with E-state index < -0.39 is 5.60 Å². The average molecular weight is 370 g/mol. The SMILES string of the molecule is C=c1c(=O)/c(=C2\NN=C(Cc3ccc(F)cc3)O2)nc2n1CCOC2(C)C. The van der Waals surface area contributed by atoms with E-state index in [1.54, 1.807) is 16.7 Å². The van der Waals surface area contributed by atoms with Crippen molar-refractivity contribution in [3.8, 4) is 0 Å². The first-order valence-corrected chi connectivity index (χ1v) is 8.58. The van der Waals surface area contributed by atoms with Crippen molar-refractivity contribution in [2.24, 2.45) is 5.10 Å². The minimum absolute atomic E-state index is 0.114. The summed E-state index contributed by atoms with van der Waals surface area (Å²) in [5.41, 5.74) is 2.59. The number of rotatable bonds is 2. The predicted molar refractivity (Wildman–Crippen MR) is 97.4 cm³/mol. The van der Waals surface area contributed by atoms with Crippen LogP contribution >= 0.6 is 0 Å². The maximum absolute atomic E-state index is 13.0. The Morgan fingerprint density at radius 1 is 1.33 bits per heavy atom. The zero-order chi connectivity index (χ0) is 19.2. The molecule has 27 heavy (non-hydrogen) atoms. The molecule has 2 aromatic rings. The van der Waals surface area contributed by atoms with Crippen molar-refractivity contribution in [3.05, 3.63) is 62.4 Å². The van der Waals surface area contributed by atoms with Gasteiger partial charge in [0.05, 0.1) is 18.4 Å². The number of nitrogens with one attached hydrogen (secondary N) is 1. The molecule has 0 radical (unpaired) electrons. The molecule has 1 N–H and O–H groups in total. The third-order valence-corrected chi connectivity index (χ3v) is 4.58. The lowest BCUT2D eigenvalue weighted by Crippen LogP contribution is -2.54. The highest BCUT2D eigenvalue weighted by Gasteiger charge is 2.31. The molecule has 2 aliphatic heterocycles. The lowest BCUT2D eigenvalue weighted by atomic mass is 10.1. The Morgan fingerprint density at radius 2 is 2.07 bits per heavy atom. The molecule has 0 saturated heterocycles. The fourth-order valence-corrected chi connectivity index (χ4v) is 3.15. The number of ether oxygens (including phenoxy) is 2. The second-order valence-electron chi connectivity index (χ2n) is 6.92. The Bertz CT molecular complexity index is 1100. The molecule has 4 rings (SSSR count). The monoisotopic (exact) mass is 370 g/mol. The largest absolute Gasteiger partial charge is 0.421 e. The van der Waals surface area contributed by atoms with Crippen molar-refractivity contribution in [3.63, 3.8) is 0 Å². The summed E-state index contributed by atoms with van der Waals surface area (Å²) in [6, 6.07) is 6.05. The second-order valence-corrected chi connectivity index (χ2v) is 6.92. The number of fused-ring (bicyclic) bond motifs is 1. The zero-order valence-corrected chi connectivity index (χ0v) is 15.1. The topological polar surface area (TPSA) is 77.7 Å². The van der Waals surface area contributed by atoms with Gasteiger partial charge in [-0.15, -0.1) is 5.10 Å². The molecular formula is C19H19FN4O3. The van der Waals surface area contributed by atoms with Crippen LogP contribution in [-0.2, 0) is 28.0 Å². The Labute approximate surface area is 154 Å². The highest BCUT2D eigenvalue weighted by atomic mass is 19.1. The number of benzene rings is 1. The first-order chi connectivity index (χ1) is 12.8. The smallest absolute Gasteiger partial charge is 0.245 e. The van der Waals surface area contributed by atoms with E-state index in [-0.39, 0.29) is 22.5 Å². The van der Waals surface area contributed by atoms with Crippen molar-refractivity contribution in [1.82, 2.24) is 15.0 Å². The van der Waals surface area contributed by atoms with Crippen LogP contribution in [0, 0.1) is 5.82 Å². The highest BCUT2D eigenvalue weighted by Crippen LogP contribution is 2.24. The lowest BCUT2D eigenvalue weighted by Gasteiger charge is -2.32. The summed E-state index contributed by atoms with van der Waals surface area (Å²) in [6.07, 6.45) is 0.358. The number of hydrogen-bond acceptors (Lipinski definition) is 6. The van der Waals surface area contributed by atoms with Gasteiger partial charge in [-0.3, -0.25) is 4.79 Å². The number of aromatic nitrogens is 2. The first-order valence-electron chi connectivity index (χ1n) is 8.58. The molecule has 0 aliphatic carbocycles. The fourth-order valence-electron chi connectivity index (χ4n) is 3.15. The van der Waals surface area contributed by atoms with Gasteiger partial charge in [0.25, 0.3) is 0 Å². The molecule has 3 heterocycles. The molecule has 7 nitrogen and oxygen atoms in total. The van der Waals surface area contributed by atoms with Gasteiger partial charge < -0.3 is 14.0 Å². The summed E-state index contributed by atoms with van der Waals surface area (Å²) in [5, 5.41) is 4.55. The summed E-state index contributed by atoms with van der Waals surface area (Å²) in [4.78, 5) is 17.2. The van der Waals surface area contributed by atoms with Crippen LogP contribution in [-0.4, -0.2) is 22.1 Å². The van der Waals surface area contributed by atoms with Crippen molar-refractivity contribution >= 4 is 18.4 Å². The van der Waals surface area contributed by atoms with E-state index in [1.807, 2.05) is 13.8 Å². The van der Waals surface area contributed by atoms with Gasteiger partial charge in [-0.05, 0) is 31.5 Å². The number of hydrogen-bond donors (Lipinski definition) is 1. The Kier molecular flexibility index (Phi) is 4.07. The molecular weight excluding hydrogens is 351 g/mol. The summed E-state index contributed by atoms with van der Waals surface area (Å²) in [5.74, 6) is 0.826. The van der Waals surface area contributed by atoms with Gasteiger partial charge in [-0.2, -0.15) is 0 Å². The van der Waals surface area contributed by atoms with Crippen LogP contribution in [0.3, 0.4) is 0 Å². The Morgan fingerprint density at radius 3 is 2.81 bits per heavy atom. The van der Waals surface area contributed by atoms with Crippen LogP contribution in [0.15, 0.2) is 34.2 Å². The summed E-state index contributed by atoms with van der Waals surface area (Å²) >= 11 is 0. The molecule has 140 valence electrons. The van der Waals surface area contributed by atoms with Gasteiger partial charge in [0.1, 0.15) is 17.2 Å². The van der Waals surface area contributed by atoms with Crippen LogP contribution in [0.2, 0.25) is 0 Å². The molecule has 0 spiro atoms. The Hall–Kier alpha value is -3.00. The minimum Gasteiger partial charge on any atom is -0.421 e. The van der Waals surface area contributed by atoms with E-state index in [0.29, 0.717) is 36.6 Å². The molecule has 0 saturated carbocycles. The molecule has 1 aromatic heterocycles. The van der Waals surface area contributed by atoms with Crippen LogP contribution < -0.4 is 21.6 Å². The van der Waals surface area contributed by atoms with Crippen molar-refractivity contribution in [2.75, 3.05) is 6.61 Å². The van der Waals surface area contributed by atoms with E-state index in [1.165, 1.54) is 12.1 Å². The quantitative estimate of drug-likeness (QED) is 0.823. The van der Waals surface area contributed by atoms with Gasteiger partial charge in [-0.1, -0.05) is 18.7 Å². The van der Waals surface area contributed by atoms with Crippen LogP contribution in [0.5, 0.6) is 0 Å². The standard InChI is InChI=1S/C19H19FN4O3/c1-11-16(25)15(21-18-19(2,3)26-9-8-24(11)18)17-23-22-14(27-17)10-12-4-6-13(20)7-5-12/h4-7,23H,1,8-10H2,2-3H3/b17-15-. The molecule has 0 amide bonds. The zero-order valence-electron chi connectivity index (χ0n) is 15.1. The highest BCUT2D eigenvalue weighted by molar-refractivity contribution is 5.84.